The lowest BCUT2D eigenvalue weighted by atomic mass is 10.1. The van der Waals surface area contributed by atoms with Crippen LogP contribution in [0.1, 0.15) is 15.9 Å². The van der Waals surface area contributed by atoms with E-state index in [-0.39, 0.29) is 16.8 Å². The number of hydrogen-bond acceptors (Lipinski definition) is 8. The summed E-state index contributed by atoms with van der Waals surface area (Å²) >= 11 is 0. The van der Waals surface area contributed by atoms with Crippen LogP contribution in [0.4, 0.5) is 23.1 Å². The molecule has 0 aliphatic carbocycles. The lowest BCUT2D eigenvalue weighted by Gasteiger charge is -2.11. The van der Waals surface area contributed by atoms with E-state index in [1.54, 1.807) is 42.5 Å². The molecule has 2 heterocycles. The first kappa shape index (κ1) is 22.7. The fourth-order valence-electron chi connectivity index (χ4n) is 2.88. The molecule has 0 fully saturated rings. The average Bonchev–Trinajstić information content (AvgIpc) is 2.84. The van der Waals surface area contributed by atoms with Gasteiger partial charge in [-0.2, -0.15) is 4.98 Å². The minimum Gasteiger partial charge on any atom is -0.340 e. The fraction of sp³-hybridized carbons (Fsp3) is 0.0435. The van der Waals surface area contributed by atoms with Crippen LogP contribution in [0.25, 0.3) is 0 Å². The number of hydrogen-bond donors (Lipinski definition) is 4. The van der Waals surface area contributed by atoms with E-state index in [1.807, 2.05) is 19.1 Å². The molecule has 0 saturated carbocycles. The van der Waals surface area contributed by atoms with Gasteiger partial charge in [0, 0.05) is 29.8 Å². The van der Waals surface area contributed by atoms with Gasteiger partial charge in [0.05, 0.1) is 10.6 Å². The lowest BCUT2D eigenvalue weighted by Crippen LogP contribution is -2.30. The Morgan fingerprint density at radius 3 is 2.24 bits per heavy atom. The van der Waals surface area contributed by atoms with Crippen molar-refractivity contribution in [3.63, 3.8) is 0 Å². The Morgan fingerprint density at radius 1 is 0.824 bits per heavy atom. The van der Waals surface area contributed by atoms with E-state index in [2.05, 4.69) is 35.8 Å². The molecular formula is C23H21N7O3S. The second kappa shape index (κ2) is 9.96. The molecule has 34 heavy (non-hydrogen) atoms. The van der Waals surface area contributed by atoms with Crippen LogP contribution >= 0.6 is 0 Å². The number of rotatable bonds is 8. The van der Waals surface area contributed by atoms with E-state index in [0.717, 1.165) is 5.56 Å². The van der Waals surface area contributed by atoms with Crippen LogP contribution in [0.3, 0.4) is 0 Å². The SMILES string of the molecule is Cc1ccc(C(=O)NNc2nccc(Nc3ccc(S(=O)(=O)Nc4ccncc4)cc3)n2)cc1. The lowest BCUT2D eigenvalue weighted by molar-refractivity contribution is 0.0962. The standard InChI is InChI=1S/C23H21N7O3S/c1-16-2-4-17(5-3-16)22(31)28-29-23-25-15-12-21(27-23)26-18-6-8-20(9-7-18)34(32,33)30-19-10-13-24-14-11-19/h2-15H,1H3,(H,24,30)(H,28,31)(H2,25,26,27,29). The normalized spacial score (nSPS) is 10.9. The third-order valence-corrected chi connectivity index (χ3v) is 6.02. The molecule has 0 unspecified atom stereocenters. The number of nitrogens with zero attached hydrogens (tertiary/aromatic N) is 3. The molecule has 10 nitrogen and oxygen atoms in total. The number of sulfonamides is 1. The molecule has 0 bridgehead atoms. The van der Waals surface area contributed by atoms with E-state index < -0.39 is 10.0 Å². The van der Waals surface area contributed by atoms with Gasteiger partial charge >= 0.3 is 0 Å². The number of benzene rings is 2. The maximum atomic E-state index is 12.5. The maximum absolute atomic E-state index is 12.5. The molecule has 0 radical (unpaired) electrons. The number of aromatic nitrogens is 3. The summed E-state index contributed by atoms with van der Waals surface area (Å²) in [5.74, 6) is 0.318. The minimum atomic E-state index is -3.73. The van der Waals surface area contributed by atoms with Crippen molar-refractivity contribution < 1.29 is 13.2 Å². The first-order chi connectivity index (χ1) is 16.4. The van der Waals surface area contributed by atoms with Crippen molar-refractivity contribution in [2.45, 2.75) is 11.8 Å². The summed E-state index contributed by atoms with van der Waals surface area (Å²) in [5.41, 5.74) is 7.84. The molecule has 2 aromatic carbocycles. The van der Waals surface area contributed by atoms with E-state index in [9.17, 15) is 13.2 Å². The summed E-state index contributed by atoms with van der Waals surface area (Å²) < 4.78 is 27.6. The van der Waals surface area contributed by atoms with Gasteiger partial charge in [0.2, 0.25) is 5.95 Å². The fourth-order valence-corrected chi connectivity index (χ4v) is 3.94. The minimum absolute atomic E-state index is 0.110. The van der Waals surface area contributed by atoms with Crippen LogP contribution < -0.4 is 20.9 Å². The highest BCUT2D eigenvalue weighted by Crippen LogP contribution is 2.20. The highest BCUT2D eigenvalue weighted by atomic mass is 32.2. The number of hydrazine groups is 1. The second-order valence-corrected chi connectivity index (χ2v) is 8.88. The first-order valence-corrected chi connectivity index (χ1v) is 11.6. The van der Waals surface area contributed by atoms with Gasteiger partial charge in [-0.3, -0.25) is 25.4 Å². The van der Waals surface area contributed by atoms with Crippen molar-refractivity contribution in [3.8, 4) is 0 Å². The van der Waals surface area contributed by atoms with Crippen molar-refractivity contribution in [2.24, 2.45) is 0 Å². The molecule has 0 aliphatic rings. The Bertz CT molecular complexity index is 1380. The Labute approximate surface area is 196 Å². The number of aryl methyl sites for hydroxylation is 1. The van der Waals surface area contributed by atoms with E-state index in [1.165, 1.54) is 30.7 Å². The van der Waals surface area contributed by atoms with Crippen LogP contribution in [-0.4, -0.2) is 29.3 Å². The largest absolute Gasteiger partial charge is 0.340 e. The Balaban J connectivity index is 1.38. The van der Waals surface area contributed by atoms with Gasteiger partial charge in [-0.15, -0.1) is 0 Å². The second-order valence-electron chi connectivity index (χ2n) is 7.20. The van der Waals surface area contributed by atoms with E-state index in [0.29, 0.717) is 22.8 Å². The zero-order valence-corrected chi connectivity index (χ0v) is 18.9. The molecule has 4 aromatic rings. The van der Waals surface area contributed by atoms with Gasteiger partial charge in [-0.05, 0) is 61.5 Å². The molecule has 4 N–H and O–H groups in total. The quantitative estimate of drug-likeness (QED) is 0.284. The predicted octanol–water partition coefficient (Wildman–Crippen LogP) is 3.48. The summed E-state index contributed by atoms with van der Waals surface area (Å²) in [7, 11) is -3.73. The van der Waals surface area contributed by atoms with Crippen molar-refractivity contribution in [2.75, 3.05) is 15.5 Å². The molecular weight excluding hydrogens is 454 g/mol. The van der Waals surface area contributed by atoms with Gasteiger partial charge in [-0.25, -0.2) is 13.4 Å². The number of amides is 1. The summed E-state index contributed by atoms with van der Waals surface area (Å²) in [6, 6.07) is 18.1. The third-order valence-electron chi connectivity index (χ3n) is 4.63. The number of carbonyl (C=O) groups excluding carboxylic acids is 1. The Hall–Kier alpha value is -4.51. The summed E-state index contributed by atoms with van der Waals surface area (Å²) in [4.78, 5) is 24.6. The summed E-state index contributed by atoms with van der Waals surface area (Å²) in [6.45, 7) is 1.94. The molecule has 2 aromatic heterocycles. The highest BCUT2D eigenvalue weighted by molar-refractivity contribution is 7.92. The van der Waals surface area contributed by atoms with Gasteiger partial charge in [0.15, 0.2) is 0 Å². The van der Waals surface area contributed by atoms with Crippen LogP contribution in [0.15, 0.2) is 90.2 Å². The monoisotopic (exact) mass is 475 g/mol. The van der Waals surface area contributed by atoms with Gasteiger partial charge < -0.3 is 5.32 Å². The van der Waals surface area contributed by atoms with Gasteiger partial charge in [-0.1, -0.05) is 17.7 Å². The van der Waals surface area contributed by atoms with Crippen LogP contribution in [0.2, 0.25) is 0 Å². The molecule has 11 heteroatoms. The number of anilines is 4. The Kier molecular flexibility index (Phi) is 6.64. The van der Waals surface area contributed by atoms with Crippen LogP contribution in [0, 0.1) is 6.92 Å². The number of carbonyl (C=O) groups is 1. The molecule has 172 valence electrons. The van der Waals surface area contributed by atoms with Crippen molar-refractivity contribution in [3.05, 3.63) is 96.4 Å². The number of pyridine rings is 1. The van der Waals surface area contributed by atoms with Gasteiger partial charge in [0.1, 0.15) is 5.82 Å². The molecule has 0 atom stereocenters. The molecule has 1 amide bonds. The zero-order valence-electron chi connectivity index (χ0n) is 18.1. The molecule has 0 saturated heterocycles. The molecule has 0 spiro atoms. The molecule has 4 rings (SSSR count). The van der Waals surface area contributed by atoms with Crippen molar-refractivity contribution in [1.29, 1.82) is 0 Å². The van der Waals surface area contributed by atoms with Gasteiger partial charge in [0.25, 0.3) is 15.9 Å². The highest BCUT2D eigenvalue weighted by Gasteiger charge is 2.14. The summed E-state index contributed by atoms with van der Waals surface area (Å²) in [6.07, 6.45) is 4.53. The van der Waals surface area contributed by atoms with Crippen molar-refractivity contribution in [1.82, 2.24) is 20.4 Å². The third kappa shape index (κ3) is 5.84. The van der Waals surface area contributed by atoms with Crippen molar-refractivity contribution >= 4 is 39.1 Å². The Morgan fingerprint density at radius 2 is 1.53 bits per heavy atom. The first-order valence-electron chi connectivity index (χ1n) is 10.1. The van der Waals surface area contributed by atoms with Crippen LogP contribution in [0.5, 0.6) is 0 Å². The maximum Gasteiger partial charge on any atom is 0.269 e. The van der Waals surface area contributed by atoms with E-state index >= 15 is 0 Å². The van der Waals surface area contributed by atoms with Crippen LogP contribution in [-0.2, 0) is 10.0 Å². The van der Waals surface area contributed by atoms with E-state index in [4.69, 9.17) is 0 Å². The number of nitrogens with one attached hydrogen (secondary N) is 4. The zero-order chi connectivity index (χ0) is 24.0. The average molecular weight is 476 g/mol. The summed E-state index contributed by atoms with van der Waals surface area (Å²) in [5, 5.41) is 3.07. The smallest absolute Gasteiger partial charge is 0.269 e. The topological polar surface area (TPSA) is 138 Å². The molecule has 0 aliphatic heterocycles. The predicted molar refractivity (Wildman–Crippen MR) is 129 cm³/mol.